The van der Waals surface area contributed by atoms with Crippen LogP contribution in [0.1, 0.15) is 41.5 Å². The average molecular weight is 356 g/mol. The van der Waals surface area contributed by atoms with Gasteiger partial charge in [0.25, 0.3) is 0 Å². The molecule has 2 rings (SSSR count). The highest BCUT2D eigenvalue weighted by atomic mass is 16.6. The van der Waals surface area contributed by atoms with Crippen molar-refractivity contribution in [3.05, 3.63) is 0 Å². The third kappa shape index (κ3) is 4.23. The molecule has 142 valence electrons. The second kappa shape index (κ2) is 6.48. The van der Waals surface area contributed by atoms with Gasteiger partial charge in [0.2, 0.25) is 5.91 Å². The lowest BCUT2D eigenvalue weighted by Crippen LogP contribution is -2.47. The topological polar surface area (TPSA) is 96.4 Å². The lowest BCUT2D eigenvalue weighted by molar-refractivity contribution is -0.131. The minimum atomic E-state index is -0.755. The number of aliphatic hydroxyl groups excluding tert-OH is 1. The molecule has 0 aromatic rings. The number of aliphatic hydroxyl groups is 1. The summed E-state index contributed by atoms with van der Waals surface area (Å²) < 4.78 is 10.6. The van der Waals surface area contributed by atoms with E-state index in [1.807, 2.05) is 0 Å². The van der Waals surface area contributed by atoms with Gasteiger partial charge in [-0.3, -0.25) is 4.79 Å². The van der Waals surface area contributed by atoms with Crippen LogP contribution >= 0.6 is 0 Å². The summed E-state index contributed by atoms with van der Waals surface area (Å²) in [5.41, 5.74) is -1.37. The summed E-state index contributed by atoms with van der Waals surface area (Å²) in [5.74, 6) is -1.26. The number of carbonyl (C=O) groups is 3. The number of imide groups is 1. The van der Waals surface area contributed by atoms with Gasteiger partial charge in [-0.25, -0.2) is 14.5 Å². The first kappa shape index (κ1) is 19.5. The molecule has 0 bridgehead atoms. The van der Waals surface area contributed by atoms with Crippen molar-refractivity contribution in [3.63, 3.8) is 0 Å². The van der Waals surface area contributed by atoms with Crippen molar-refractivity contribution in [1.29, 1.82) is 0 Å². The number of likely N-dealkylation sites (tertiary alicyclic amines) is 2. The summed E-state index contributed by atoms with van der Waals surface area (Å²) in [6, 6.07) is -0.695. The molecule has 2 heterocycles. The van der Waals surface area contributed by atoms with Crippen LogP contribution in [-0.4, -0.2) is 69.9 Å². The van der Waals surface area contributed by atoms with Crippen LogP contribution in [-0.2, 0) is 14.3 Å². The lowest BCUT2D eigenvalue weighted by atomic mass is 9.94. The molecular weight excluding hydrogens is 328 g/mol. The number of nitrogens with zero attached hydrogens (tertiary/aromatic N) is 2. The van der Waals surface area contributed by atoms with E-state index in [0.29, 0.717) is 0 Å². The maximum absolute atomic E-state index is 12.7. The molecular formula is C17H28N2O6. The maximum Gasteiger partial charge on any atom is 0.417 e. The third-order valence-corrected chi connectivity index (χ3v) is 4.17. The Labute approximate surface area is 148 Å². The second-order valence-electron chi connectivity index (χ2n) is 8.59. The van der Waals surface area contributed by atoms with Gasteiger partial charge in [0.05, 0.1) is 18.6 Å². The SMILES string of the molecule is CC(C)(C)OC(=O)N1CC2C(=O)N(C(=O)OC(C)(C)C)C(CO)C2C1. The van der Waals surface area contributed by atoms with Crippen LogP contribution in [0.25, 0.3) is 0 Å². The third-order valence-electron chi connectivity index (χ3n) is 4.17. The second-order valence-corrected chi connectivity index (χ2v) is 8.59. The van der Waals surface area contributed by atoms with E-state index in [4.69, 9.17) is 9.47 Å². The van der Waals surface area contributed by atoms with Crippen LogP contribution in [0.5, 0.6) is 0 Å². The molecule has 0 spiro atoms. The molecule has 2 aliphatic heterocycles. The van der Waals surface area contributed by atoms with E-state index in [0.717, 1.165) is 4.90 Å². The molecule has 0 aromatic heterocycles. The fourth-order valence-corrected chi connectivity index (χ4v) is 3.24. The Hall–Kier alpha value is -1.83. The molecule has 2 saturated heterocycles. The molecule has 3 amide bonds. The van der Waals surface area contributed by atoms with Crippen molar-refractivity contribution >= 4 is 18.1 Å². The highest BCUT2D eigenvalue weighted by molar-refractivity contribution is 5.96. The highest BCUT2D eigenvalue weighted by Crippen LogP contribution is 2.38. The van der Waals surface area contributed by atoms with E-state index >= 15 is 0 Å². The zero-order valence-electron chi connectivity index (χ0n) is 15.7. The maximum atomic E-state index is 12.7. The number of ether oxygens (including phenoxy) is 2. The summed E-state index contributed by atoms with van der Waals surface area (Å²) in [7, 11) is 0. The van der Waals surface area contributed by atoms with Crippen LogP contribution in [0, 0.1) is 11.8 Å². The minimum absolute atomic E-state index is 0.175. The molecule has 0 radical (unpaired) electrons. The fraction of sp³-hybridized carbons (Fsp3) is 0.824. The number of hydrogen-bond donors (Lipinski definition) is 1. The summed E-state index contributed by atoms with van der Waals surface area (Å²) >= 11 is 0. The van der Waals surface area contributed by atoms with Crippen LogP contribution in [0.4, 0.5) is 9.59 Å². The Morgan fingerprint density at radius 3 is 2.04 bits per heavy atom. The van der Waals surface area contributed by atoms with Gasteiger partial charge in [0.1, 0.15) is 11.2 Å². The van der Waals surface area contributed by atoms with Crippen molar-refractivity contribution < 1.29 is 29.0 Å². The smallest absolute Gasteiger partial charge is 0.417 e. The summed E-state index contributed by atoms with van der Waals surface area (Å²) in [4.78, 5) is 39.7. The molecule has 2 fully saturated rings. The predicted octanol–water partition coefficient (Wildman–Crippen LogP) is 1.61. The average Bonchev–Trinajstić information content (AvgIpc) is 2.93. The lowest BCUT2D eigenvalue weighted by Gasteiger charge is -2.30. The first-order chi connectivity index (χ1) is 11.3. The van der Waals surface area contributed by atoms with Gasteiger partial charge < -0.3 is 19.5 Å². The van der Waals surface area contributed by atoms with Crippen molar-refractivity contribution in [2.24, 2.45) is 11.8 Å². The zero-order valence-corrected chi connectivity index (χ0v) is 15.7. The molecule has 3 unspecified atom stereocenters. The van der Waals surface area contributed by atoms with Gasteiger partial charge in [-0.15, -0.1) is 0 Å². The first-order valence-electron chi connectivity index (χ1n) is 8.49. The summed E-state index contributed by atoms with van der Waals surface area (Å²) in [6.07, 6.45) is -1.25. The molecule has 0 aromatic carbocycles. The number of carbonyl (C=O) groups excluding carboxylic acids is 3. The molecule has 8 heteroatoms. The standard InChI is InChI=1S/C17H28N2O6/c1-16(2,3)24-14(22)18-7-10-11(8-18)13(21)19(12(10)9-20)15(23)25-17(4,5)6/h10-12,20H,7-9H2,1-6H3. The molecule has 1 N–H and O–H groups in total. The minimum Gasteiger partial charge on any atom is -0.444 e. The van der Waals surface area contributed by atoms with E-state index in [2.05, 4.69) is 0 Å². The van der Waals surface area contributed by atoms with Crippen molar-refractivity contribution in [2.45, 2.75) is 58.8 Å². The van der Waals surface area contributed by atoms with E-state index in [-0.39, 0.29) is 25.6 Å². The van der Waals surface area contributed by atoms with Crippen LogP contribution in [0.2, 0.25) is 0 Å². The number of hydrogen-bond acceptors (Lipinski definition) is 6. The van der Waals surface area contributed by atoms with Crippen molar-refractivity contribution in [2.75, 3.05) is 19.7 Å². The number of fused-ring (bicyclic) bond motifs is 1. The van der Waals surface area contributed by atoms with Crippen LogP contribution in [0.3, 0.4) is 0 Å². The number of rotatable bonds is 1. The van der Waals surface area contributed by atoms with Crippen molar-refractivity contribution in [1.82, 2.24) is 9.80 Å². The van der Waals surface area contributed by atoms with Gasteiger partial charge in [-0.2, -0.15) is 0 Å². The van der Waals surface area contributed by atoms with Gasteiger partial charge in [0.15, 0.2) is 0 Å². The Balaban J connectivity index is 2.12. The summed E-state index contributed by atoms with van der Waals surface area (Å²) in [5, 5.41) is 9.72. The first-order valence-corrected chi connectivity index (χ1v) is 8.49. The Bertz CT molecular complexity index is 562. The van der Waals surface area contributed by atoms with Gasteiger partial charge >= 0.3 is 12.2 Å². The van der Waals surface area contributed by atoms with E-state index in [9.17, 15) is 19.5 Å². The van der Waals surface area contributed by atoms with E-state index in [1.54, 1.807) is 41.5 Å². The van der Waals surface area contributed by atoms with Crippen LogP contribution in [0.15, 0.2) is 0 Å². The molecule has 25 heavy (non-hydrogen) atoms. The largest absolute Gasteiger partial charge is 0.444 e. The molecule has 2 aliphatic rings. The van der Waals surface area contributed by atoms with Gasteiger partial charge in [-0.05, 0) is 41.5 Å². The van der Waals surface area contributed by atoms with Gasteiger partial charge in [0, 0.05) is 19.0 Å². The normalized spacial score (nSPS) is 26.7. The Kier molecular flexibility index (Phi) is 5.05. The number of amides is 3. The fourth-order valence-electron chi connectivity index (χ4n) is 3.24. The van der Waals surface area contributed by atoms with Crippen molar-refractivity contribution in [3.8, 4) is 0 Å². The molecule has 3 atom stereocenters. The predicted molar refractivity (Wildman–Crippen MR) is 88.7 cm³/mol. The molecule has 8 nitrogen and oxygen atoms in total. The molecule has 0 saturated carbocycles. The van der Waals surface area contributed by atoms with Gasteiger partial charge in [-0.1, -0.05) is 0 Å². The summed E-state index contributed by atoms with van der Waals surface area (Å²) in [6.45, 7) is 10.5. The van der Waals surface area contributed by atoms with E-state index in [1.165, 1.54) is 4.90 Å². The molecule has 0 aliphatic carbocycles. The Morgan fingerprint density at radius 2 is 1.56 bits per heavy atom. The zero-order chi connectivity index (χ0) is 19.2. The highest BCUT2D eigenvalue weighted by Gasteiger charge is 2.56. The Morgan fingerprint density at radius 1 is 1.04 bits per heavy atom. The van der Waals surface area contributed by atoms with E-state index < -0.39 is 41.3 Å². The quantitative estimate of drug-likeness (QED) is 0.767. The van der Waals surface area contributed by atoms with Crippen LogP contribution < -0.4 is 0 Å². The monoisotopic (exact) mass is 356 g/mol.